The molecule has 0 radical (unpaired) electrons. The number of aromatic nitrogens is 3. The molecule has 0 bridgehead atoms. The SMILES string of the molecule is CCOC(=O)C(c1ccc(F)cc1)c1nc(N)n[nH]1. The summed E-state index contributed by atoms with van der Waals surface area (Å²) in [6, 6.07) is 5.52. The maximum absolute atomic E-state index is 12.9. The molecule has 2 rings (SSSR count). The number of carbonyl (C=O) groups excluding carboxylic acids is 1. The number of esters is 1. The number of benzene rings is 1. The van der Waals surface area contributed by atoms with E-state index >= 15 is 0 Å². The second-order valence-corrected chi connectivity index (χ2v) is 3.82. The van der Waals surface area contributed by atoms with Crippen LogP contribution >= 0.6 is 0 Å². The Morgan fingerprint density at radius 1 is 1.47 bits per heavy atom. The number of carbonyl (C=O) groups is 1. The summed E-state index contributed by atoms with van der Waals surface area (Å²) in [5.74, 6) is -1.38. The lowest BCUT2D eigenvalue weighted by Gasteiger charge is -2.13. The van der Waals surface area contributed by atoms with Crippen molar-refractivity contribution in [2.75, 3.05) is 12.3 Å². The van der Waals surface area contributed by atoms with Crippen LogP contribution in [-0.2, 0) is 9.53 Å². The van der Waals surface area contributed by atoms with E-state index in [1.165, 1.54) is 24.3 Å². The predicted octanol–water partition coefficient (Wildman–Crippen LogP) is 1.22. The van der Waals surface area contributed by atoms with E-state index in [2.05, 4.69) is 15.2 Å². The Labute approximate surface area is 108 Å². The monoisotopic (exact) mass is 264 g/mol. The largest absolute Gasteiger partial charge is 0.465 e. The molecule has 0 amide bonds. The number of nitrogens with zero attached hydrogens (tertiary/aromatic N) is 2. The van der Waals surface area contributed by atoms with Crippen molar-refractivity contribution >= 4 is 11.9 Å². The van der Waals surface area contributed by atoms with Gasteiger partial charge in [-0.2, -0.15) is 4.98 Å². The number of halogens is 1. The summed E-state index contributed by atoms with van der Waals surface area (Å²) in [5.41, 5.74) is 5.98. The number of nitrogen functional groups attached to an aromatic ring is 1. The lowest BCUT2D eigenvalue weighted by atomic mass is 9.98. The first-order valence-corrected chi connectivity index (χ1v) is 5.71. The van der Waals surface area contributed by atoms with Crippen molar-refractivity contribution in [3.05, 3.63) is 41.5 Å². The summed E-state index contributed by atoms with van der Waals surface area (Å²) < 4.78 is 17.9. The summed E-state index contributed by atoms with van der Waals surface area (Å²) in [7, 11) is 0. The van der Waals surface area contributed by atoms with E-state index < -0.39 is 11.9 Å². The smallest absolute Gasteiger partial charge is 0.321 e. The first-order valence-electron chi connectivity index (χ1n) is 5.71. The topological polar surface area (TPSA) is 93.9 Å². The van der Waals surface area contributed by atoms with Crippen molar-refractivity contribution in [1.29, 1.82) is 0 Å². The third-order valence-electron chi connectivity index (χ3n) is 2.52. The highest BCUT2D eigenvalue weighted by molar-refractivity contribution is 5.81. The molecular weight excluding hydrogens is 251 g/mol. The lowest BCUT2D eigenvalue weighted by molar-refractivity contribution is -0.144. The summed E-state index contributed by atoms with van der Waals surface area (Å²) >= 11 is 0. The van der Waals surface area contributed by atoms with E-state index in [0.29, 0.717) is 5.56 Å². The first kappa shape index (κ1) is 13.0. The minimum Gasteiger partial charge on any atom is -0.465 e. The summed E-state index contributed by atoms with van der Waals surface area (Å²) in [5, 5.41) is 6.26. The molecule has 3 N–H and O–H groups in total. The van der Waals surface area contributed by atoms with Gasteiger partial charge in [0.2, 0.25) is 5.95 Å². The van der Waals surface area contributed by atoms with Gasteiger partial charge < -0.3 is 10.5 Å². The number of anilines is 1. The Kier molecular flexibility index (Phi) is 3.74. The van der Waals surface area contributed by atoms with E-state index in [-0.39, 0.29) is 24.2 Å². The second kappa shape index (κ2) is 5.47. The van der Waals surface area contributed by atoms with Gasteiger partial charge in [-0.05, 0) is 24.6 Å². The van der Waals surface area contributed by atoms with Gasteiger partial charge in [0, 0.05) is 0 Å². The molecule has 1 unspecified atom stereocenters. The molecule has 7 heteroatoms. The third kappa shape index (κ3) is 2.87. The molecule has 1 aromatic carbocycles. The van der Waals surface area contributed by atoms with Crippen LogP contribution in [0.3, 0.4) is 0 Å². The number of ether oxygens (including phenoxy) is 1. The van der Waals surface area contributed by atoms with Gasteiger partial charge in [0.1, 0.15) is 17.6 Å². The summed E-state index contributed by atoms with van der Waals surface area (Å²) in [6.07, 6.45) is 0. The van der Waals surface area contributed by atoms with Crippen molar-refractivity contribution in [2.45, 2.75) is 12.8 Å². The van der Waals surface area contributed by atoms with Crippen LogP contribution < -0.4 is 5.73 Å². The first-order chi connectivity index (χ1) is 9.11. The highest BCUT2D eigenvalue weighted by Crippen LogP contribution is 2.24. The Morgan fingerprint density at radius 2 is 2.16 bits per heavy atom. The molecule has 0 aliphatic rings. The van der Waals surface area contributed by atoms with E-state index in [4.69, 9.17) is 10.5 Å². The third-order valence-corrected chi connectivity index (χ3v) is 2.52. The Morgan fingerprint density at radius 3 is 2.68 bits per heavy atom. The zero-order valence-electron chi connectivity index (χ0n) is 10.3. The van der Waals surface area contributed by atoms with Crippen molar-refractivity contribution < 1.29 is 13.9 Å². The lowest BCUT2D eigenvalue weighted by Crippen LogP contribution is -2.18. The van der Waals surface area contributed by atoms with Crippen molar-refractivity contribution in [1.82, 2.24) is 15.2 Å². The molecule has 19 heavy (non-hydrogen) atoms. The maximum Gasteiger partial charge on any atom is 0.321 e. The minimum absolute atomic E-state index is 0.0337. The molecule has 100 valence electrons. The van der Waals surface area contributed by atoms with Crippen LogP contribution in [0.15, 0.2) is 24.3 Å². The maximum atomic E-state index is 12.9. The molecule has 1 heterocycles. The average molecular weight is 264 g/mol. The van der Waals surface area contributed by atoms with Crippen molar-refractivity contribution in [3.63, 3.8) is 0 Å². The number of hydrogen-bond acceptors (Lipinski definition) is 5. The molecular formula is C12H13FN4O2. The van der Waals surface area contributed by atoms with Crippen LogP contribution in [0.1, 0.15) is 24.2 Å². The van der Waals surface area contributed by atoms with E-state index in [9.17, 15) is 9.18 Å². The number of nitrogens with one attached hydrogen (secondary N) is 1. The molecule has 0 aliphatic heterocycles. The molecule has 1 atom stereocenters. The van der Waals surface area contributed by atoms with Gasteiger partial charge in [-0.15, -0.1) is 5.10 Å². The fourth-order valence-electron chi connectivity index (χ4n) is 1.70. The van der Waals surface area contributed by atoms with E-state index in [1.807, 2.05) is 0 Å². The van der Waals surface area contributed by atoms with Crippen LogP contribution in [0.5, 0.6) is 0 Å². The van der Waals surface area contributed by atoms with Gasteiger partial charge in [-0.1, -0.05) is 12.1 Å². The molecule has 0 spiro atoms. The predicted molar refractivity (Wildman–Crippen MR) is 65.7 cm³/mol. The van der Waals surface area contributed by atoms with Crippen LogP contribution in [0.2, 0.25) is 0 Å². The van der Waals surface area contributed by atoms with Gasteiger partial charge >= 0.3 is 5.97 Å². The standard InChI is InChI=1S/C12H13FN4O2/c1-2-19-11(18)9(10-15-12(14)17-16-10)7-3-5-8(13)6-4-7/h3-6,9H,2H2,1H3,(H3,14,15,16,17). The van der Waals surface area contributed by atoms with Crippen LogP contribution in [-0.4, -0.2) is 27.8 Å². The zero-order chi connectivity index (χ0) is 13.8. The number of nitrogens with two attached hydrogens (primary N) is 1. The minimum atomic E-state index is -0.801. The van der Waals surface area contributed by atoms with Crippen LogP contribution in [0.4, 0.5) is 10.3 Å². The molecule has 0 aliphatic carbocycles. The highest BCUT2D eigenvalue weighted by atomic mass is 19.1. The average Bonchev–Trinajstić information content (AvgIpc) is 2.79. The van der Waals surface area contributed by atoms with Gasteiger partial charge in [0.05, 0.1) is 6.61 Å². The van der Waals surface area contributed by atoms with Gasteiger partial charge in [0.25, 0.3) is 0 Å². The fourth-order valence-corrected chi connectivity index (χ4v) is 1.70. The highest BCUT2D eigenvalue weighted by Gasteiger charge is 2.27. The molecule has 0 saturated heterocycles. The van der Waals surface area contributed by atoms with Gasteiger partial charge in [-0.25, -0.2) is 4.39 Å². The normalized spacial score (nSPS) is 12.1. The summed E-state index contributed by atoms with van der Waals surface area (Å²) in [6.45, 7) is 1.94. The Bertz CT molecular complexity index is 567. The number of H-pyrrole nitrogens is 1. The molecule has 1 aromatic heterocycles. The number of aromatic amines is 1. The molecule has 0 fully saturated rings. The van der Waals surface area contributed by atoms with Crippen molar-refractivity contribution in [2.24, 2.45) is 0 Å². The number of rotatable bonds is 4. The fraction of sp³-hybridized carbons (Fsp3) is 0.250. The van der Waals surface area contributed by atoms with Gasteiger partial charge in [0.15, 0.2) is 0 Å². The van der Waals surface area contributed by atoms with E-state index in [1.54, 1.807) is 6.92 Å². The number of hydrogen-bond donors (Lipinski definition) is 2. The Hall–Kier alpha value is -2.44. The quantitative estimate of drug-likeness (QED) is 0.810. The molecule has 0 saturated carbocycles. The second-order valence-electron chi connectivity index (χ2n) is 3.82. The molecule has 6 nitrogen and oxygen atoms in total. The van der Waals surface area contributed by atoms with Crippen LogP contribution in [0, 0.1) is 5.82 Å². The molecule has 2 aromatic rings. The van der Waals surface area contributed by atoms with Gasteiger partial charge in [-0.3, -0.25) is 9.89 Å². The van der Waals surface area contributed by atoms with Crippen LogP contribution in [0.25, 0.3) is 0 Å². The van der Waals surface area contributed by atoms with Crippen molar-refractivity contribution in [3.8, 4) is 0 Å². The zero-order valence-corrected chi connectivity index (χ0v) is 10.3. The summed E-state index contributed by atoms with van der Waals surface area (Å²) in [4.78, 5) is 15.9. The Balaban J connectivity index is 2.39. The van der Waals surface area contributed by atoms with E-state index in [0.717, 1.165) is 0 Å².